The van der Waals surface area contributed by atoms with E-state index in [0.717, 1.165) is 19.3 Å². The zero-order valence-corrected chi connectivity index (χ0v) is 12.6. The Morgan fingerprint density at radius 1 is 1.45 bits per heavy atom. The number of urea groups is 1. The third kappa shape index (κ3) is 5.00. The fourth-order valence-electron chi connectivity index (χ4n) is 2.28. The third-order valence-electron chi connectivity index (χ3n) is 3.43. The number of aliphatic carboxylic acids is 1. The van der Waals surface area contributed by atoms with E-state index in [9.17, 15) is 9.59 Å². The van der Waals surface area contributed by atoms with E-state index in [1.54, 1.807) is 18.7 Å². The van der Waals surface area contributed by atoms with Crippen LogP contribution < -0.4 is 5.32 Å². The molecule has 1 aliphatic heterocycles. The number of ether oxygens (including phenoxy) is 1. The van der Waals surface area contributed by atoms with Crippen LogP contribution in [0.2, 0.25) is 0 Å². The Morgan fingerprint density at radius 3 is 2.70 bits per heavy atom. The van der Waals surface area contributed by atoms with Crippen LogP contribution in [0.15, 0.2) is 0 Å². The number of carbonyl (C=O) groups excluding carboxylic acids is 1. The van der Waals surface area contributed by atoms with Gasteiger partial charge in [-0.3, -0.25) is 0 Å². The molecule has 1 rings (SSSR count). The molecule has 0 spiro atoms. The lowest BCUT2D eigenvalue weighted by atomic mass is 10.0. The van der Waals surface area contributed by atoms with Crippen molar-refractivity contribution in [3.63, 3.8) is 0 Å². The first kappa shape index (κ1) is 16.8. The molecule has 0 aromatic rings. The summed E-state index contributed by atoms with van der Waals surface area (Å²) in [6.07, 6.45) is 2.87. The molecule has 0 aromatic heterocycles. The molecule has 0 bridgehead atoms. The van der Waals surface area contributed by atoms with Gasteiger partial charge in [0, 0.05) is 19.7 Å². The van der Waals surface area contributed by atoms with Gasteiger partial charge >= 0.3 is 12.0 Å². The van der Waals surface area contributed by atoms with E-state index >= 15 is 0 Å². The summed E-state index contributed by atoms with van der Waals surface area (Å²) in [5, 5.41) is 11.7. The van der Waals surface area contributed by atoms with Crippen LogP contribution in [0.4, 0.5) is 4.79 Å². The monoisotopic (exact) mass is 286 g/mol. The molecule has 0 radical (unpaired) electrons. The predicted octanol–water partition coefficient (Wildman–Crippen LogP) is 1.70. The standard InChI is InChI=1S/C14H26N2O4/c1-4-8-20-11-6-5-7-16(9-11)14(19)15-12(10(2)3)13(17)18/h10-12H,4-9H2,1-3H3,(H,15,19)(H,17,18)/t11?,12-/m0/s1. The lowest BCUT2D eigenvalue weighted by molar-refractivity contribution is -0.140. The topological polar surface area (TPSA) is 78.9 Å². The number of carboxylic acids is 1. The summed E-state index contributed by atoms with van der Waals surface area (Å²) < 4.78 is 5.67. The maximum absolute atomic E-state index is 12.1. The Kier molecular flexibility index (Phi) is 6.78. The number of rotatable bonds is 6. The van der Waals surface area contributed by atoms with Crippen LogP contribution in [0.3, 0.4) is 0 Å². The number of hydrogen-bond acceptors (Lipinski definition) is 3. The summed E-state index contributed by atoms with van der Waals surface area (Å²) in [6.45, 7) is 7.50. The molecular weight excluding hydrogens is 260 g/mol. The maximum Gasteiger partial charge on any atom is 0.326 e. The van der Waals surface area contributed by atoms with Crippen LogP contribution >= 0.6 is 0 Å². The zero-order chi connectivity index (χ0) is 15.1. The van der Waals surface area contributed by atoms with Gasteiger partial charge in [0.15, 0.2) is 0 Å². The number of piperidine rings is 1. The number of nitrogens with one attached hydrogen (secondary N) is 1. The number of nitrogens with zero attached hydrogens (tertiary/aromatic N) is 1. The molecule has 6 heteroatoms. The minimum Gasteiger partial charge on any atom is -0.480 e. The number of hydrogen-bond donors (Lipinski definition) is 2. The molecular formula is C14H26N2O4. The fourth-order valence-corrected chi connectivity index (χ4v) is 2.28. The fraction of sp³-hybridized carbons (Fsp3) is 0.857. The maximum atomic E-state index is 12.1. The van der Waals surface area contributed by atoms with Crippen LogP contribution in [0.5, 0.6) is 0 Å². The Hall–Kier alpha value is -1.30. The van der Waals surface area contributed by atoms with Crippen molar-refractivity contribution in [2.24, 2.45) is 5.92 Å². The molecule has 6 nitrogen and oxygen atoms in total. The molecule has 2 atom stereocenters. The highest BCUT2D eigenvalue weighted by atomic mass is 16.5. The van der Waals surface area contributed by atoms with Gasteiger partial charge in [-0.1, -0.05) is 20.8 Å². The lowest BCUT2D eigenvalue weighted by Crippen LogP contribution is -2.53. The van der Waals surface area contributed by atoms with E-state index < -0.39 is 12.0 Å². The SMILES string of the molecule is CCCOC1CCCN(C(=O)N[C@H](C(=O)O)C(C)C)C1. The van der Waals surface area contributed by atoms with E-state index in [-0.39, 0.29) is 18.1 Å². The molecule has 0 aliphatic carbocycles. The van der Waals surface area contributed by atoms with Crippen LogP contribution in [0.25, 0.3) is 0 Å². The van der Waals surface area contributed by atoms with Gasteiger partial charge in [-0.2, -0.15) is 0 Å². The summed E-state index contributed by atoms with van der Waals surface area (Å²) in [7, 11) is 0. The number of likely N-dealkylation sites (tertiary alicyclic amines) is 1. The van der Waals surface area contributed by atoms with Crippen LogP contribution in [0.1, 0.15) is 40.0 Å². The summed E-state index contributed by atoms with van der Waals surface area (Å²) in [6, 6.07) is -1.16. The van der Waals surface area contributed by atoms with E-state index in [2.05, 4.69) is 5.32 Å². The van der Waals surface area contributed by atoms with Crippen molar-refractivity contribution in [2.75, 3.05) is 19.7 Å². The van der Waals surface area contributed by atoms with Crippen LogP contribution in [0, 0.1) is 5.92 Å². The average molecular weight is 286 g/mol. The van der Waals surface area contributed by atoms with Gasteiger partial charge in [0.25, 0.3) is 0 Å². The van der Waals surface area contributed by atoms with Crippen molar-refractivity contribution in [1.29, 1.82) is 0 Å². The lowest BCUT2D eigenvalue weighted by Gasteiger charge is -2.33. The number of amides is 2. The minimum absolute atomic E-state index is 0.0665. The second-order valence-electron chi connectivity index (χ2n) is 5.59. The van der Waals surface area contributed by atoms with Gasteiger partial charge in [0.2, 0.25) is 0 Å². The molecule has 116 valence electrons. The molecule has 2 amide bonds. The third-order valence-corrected chi connectivity index (χ3v) is 3.43. The molecule has 1 saturated heterocycles. The first-order valence-electron chi connectivity index (χ1n) is 7.35. The number of carbonyl (C=O) groups is 2. The van der Waals surface area contributed by atoms with E-state index in [1.165, 1.54) is 0 Å². The van der Waals surface area contributed by atoms with Crippen LogP contribution in [-0.2, 0) is 9.53 Å². The highest BCUT2D eigenvalue weighted by Crippen LogP contribution is 2.14. The highest BCUT2D eigenvalue weighted by molar-refractivity contribution is 5.82. The predicted molar refractivity (Wildman–Crippen MR) is 75.6 cm³/mol. The highest BCUT2D eigenvalue weighted by Gasteiger charge is 2.29. The Balaban J connectivity index is 2.51. The molecule has 1 fully saturated rings. The van der Waals surface area contributed by atoms with Gasteiger partial charge in [0.1, 0.15) is 6.04 Å². The van der Waals surface area contributed by atoms with Crippen molar-refractivity contribution in [3.8, 4) is 0 Å². The first-order valence-corrected chi connectivity index (χ1v) is 7.35. The van der Waals surface area contributed by atoms with Gasteiger partial charge in [-0.05, 0) is 25.2 Å². The van der Waals surface area contributed by atoms with Gasteiger partial charge < -0.3 is 20.1 Å². The van der Waals surface area contributed by atoms with Crippen molar-refractivity contribution < 1.29 is 19.4 Å². The second kappa shape index (κ2) is 8.09. The quantitative estimate of drug-likeness (QED) is 0.779. The van der Waals surface area contributed by atoms with E-state index in [4.69, 9.17) is 9.84 Å². The van der Waals surface area contributed by atoms with E-state index in [1.807, 2.05) is 6.92 Å². The summed E-state index contributed by atoms with van der Waals surface area (Å²) in [4.78, 5) is 24.9. The first-order chi connectivity index (χ1) is 9.45. The smallest absolute Gasteiger partial charge is 0.326 e. The Morgan fingerprint density at radius 2 is 2.15 bits per heavy atom. The molecule has 1 aliphatic rings. The molecule has 1 heterocycles. The van der Waals surface area contributed by atoms with Crippen LogP contribution in [-0.4, -0.2) is 53.8 Å². The van der Waals surface area contributed by atoms with Crippen molar-refractivity contribution in [2.45, 2.75) is 52.2 Å². The number of carboxylic acid groups (broad SMARTS) is 1. The van der Waals surface area contributed by atoms with Gasteiger partial charge in [-0.25, -0.2) is 9.59 Å². The average Bonchev–Trinajstić information content (AvgIpc) is 2.41. The molecule has 2 N–H and O–H groups in total. The van der Waals surface area contributed by atoms with Gasteiger partial charge in [-0.15, -0.1) is 0 Å². The molecule has 0 saturated carbocycles. The van der Waals surface area contributed by atoms with E-state index in [0.29, 0.717) is 19.7 Å². The largest absolute Gasteiger partial charge is 0.480 e. The molecule has 1 unspecified atom stereocenters. The Labute approximate surface area is 120 Å². The van der Waals surface area contributed by atoms with Gasteiger partial charge in [0.05, 0.1) is 6.10 Å². The second-order valence-corrected chi connectivity index (χ2v) is 5.59. The summed E-state index contributed by atoms with van der Waals surface area (Å²) in [5.41, 5.74) is 0. The summed E-state index contributed by atoms with van der Waals surface area (Å²) >= 11 is 0. The van der Waals surface area contributed by atoms with Crippen molar-refractivity contribution in [1.82, 2.24) is 10.2 Å². The van der Waals surface area contributed by atoms with Crippen molar-refractivity contribution in [3.05, 3.63) is 0 Å². The zero-order valence-electron chi connectivity index (χ0n) is 12.6. The molecule has 0 aromatic carbocycles. The summed E-state index contributed by atoms with van der Waals surface area (Å²) in [5.74, 6) is -1.14. The minimum atomic E-state index is -0.996. The van der Waals surface area contributed by atoms with Crippen molar-refractivity contribution >= 4 is 12.0 Å². The Bertz CT molecular complexity index is 333. The molecule has 20 heavy (non-hydrogen) atoms. The normalized spacial score (nSPS) is 20.8.